The predicted molar refractivity (Wildman–Crippen MR) is 85.0 cm³/mol. The highest BCUT2D eigenvalue weighted by atomic mass is 15.1. The van der Waals surface area contributed by atoms with Gasteiger partial charge < -0.3 is 15.1 Å². The summed E-state index contributed by atoms with van der Waals surface area (Å²) in [5.74, 6) is 1.80. The molecular formula is C16H28N4. The van der Waals surface area contributed by atoms with Crippen molar-refractivity contribution in [3.63, 3.8) is 0 Å². The van der Waals surface area contributed by atoms with E-state index in [1.165, 1.54) is 31.6 Å². The largest absolute Gasteiger partial charge is 0.370 e. The number of likely N-dealkylation sites (tertiary alicyclic amines) is 1. The molecule has 1 N–H and O–H groups in total. The van der Waals surface area contributed by atoms with E-state index in [-0.39, 0.29) is 0 Å². The van der Waals surface area contributed by atoms with E-state index in [4.69, 9.17) is 0 Å². The van der Waals surface area contributed by atoms with Crippen molar-refractivity contribution in [2.75, 3.05) is 45.6 Å². The lowest BCUT2D eigenvalue weighted by Gasteiger charge is -2.21. The Morgan fingerprint density at radius 1 is 1.45 bits per heavy atom. The van der Waals surface area contributed by atoms with E-state index in [1.807, 2.05) is 6.20 Å². The highest BCUT2D eigenvalue weighted by molar-refractivity contribution is 5.35. The SMILES string of the molecule is CCCNc1ccc(CN(C)CC2CCN(C)C2)cn1. The minimum Gasteiger partial charge on any atom is -0.370 e. The standard InChI is InChI=1S/C16H28N4/c1-4-8-17-16-6-5-14(10-18-16)11-20(3)13-15-7-9-19(2)12-15/h5-6,10,15H,4,7-9,11-13H2,1-3H3,(H,17,18). The first-order valence-corrected chi connectivity index (χ1v) is 7.73. The Balaban J connectivity index is 1.77. The molecule has 112 valence electrons. The number of hydrogen-bond acceptors (Lipinski definition) is 4. The predicted octanol–water partition coefficient (Wildman–Crippen LogP) is 2.29. The van der Waals surface area contributed by atoms with Crippen molar-refractivity contribution >= 4 is 5.82 Å². The maximum absolute atomic E-state index is 4.47. The molecule has 0 aliphatic carbocycles. The molecule has 0 amide bonds. The molecule has 0 bridgehead atoms. The van der Waals surface area contributed by atoms with E-state index >= 15 is 0 Å². The minimum absolute atomic E-state index is 0.823. The normalized spacial score (nSPS) is 19.7. The summed E-state index contributed by atoms with van der Waals surface area (Å²) >= 11 is 0. The second-order valence-electron chi connectivity index (χ2n) is 6.09. The molecule has 1 unspecified atom stereocenters. The quantitative estimate of drug-likeness (QED) is 0.828. The van der Waals surface area contributed by atoms with Gasteiger partial charge in [-0.1, -0.05) is 13.0 Å². The van der Waals surface area contributed by atoms with Gasteiger partial charge in [-0.05, 0) is 51.0 Å². The van der Waals surface area contributed by atoms with E-state index in [1.54, 1.807) is 0 Å². The van der Waals surface area contributed by atoms with Crippen LogP contribution >= 0.6 is 0 Å². The van der Waals surface area contributed by atoms with Gasteiger partial charge in [0.1, 0.15) is 5.82 Å². The van der Waals surface area contributed by atoms with Crippen LogP contribution in [-0.4, -0.2) is 55.1 Å². The van der Waals surface area contributed by atoms with Crippen molar-refractivity contribution in [3.8, 4) is 0 Å². The van der Waals surface area contributed by atoms with Crippen LogP contribution in [-0.2, 0) is 6.54 Å². The first-order valence-electron chi connectivity index (χ1n) is 7.73. The van der Waals surface area contributed by atoms with Crippen molar-refractivity contribution in [1.29, 1.82) is 0 Å². The molecule has 0 saturated carbocycles. The molecule has 1 aliphatic rings. The van der Waals surface area contributed by atoms with Gasteiger partial charge in [0, 0.05) is 32.4 Å². The number of nitrogens with zero attached hydrogens (tertiary/aromatic N) is 3. The van der Waals surface area contributed by atoms with Gasteiger partial charge in [0.2, 0.25) is 0 Å². The van der Waals surface area contributed by atoms with Gasteiger partial charge in [-0.3, -0.25) is 0 Å². The van der Waals surface area contributed by atoms with Crippen LogP contribution in [0, 0.1) is 5.92 Å². The lowest BCUT2D eigenvalue weighted by Crippen LogP contribution is -2.27. The fourth-order valence-electron chi connectivity index (χ4n) is 2.87. The fraction of sp³-hybridized carbons (Fsp3) is 0.688. The third-order valence-corrected chi connectivity index (χ3v) is 3.89. The highest BCUT2D eigenvalue weighted by Gasteiger charge is 2.20. The zero-order valence-corrected chi connectivity index (χ0v) is 13.1. The number of aromatic nitrogens is 1. The molecule has 0 spiro atoms. The average molecular weight is 276 g/mol. The Morgan fingerprint density at radius 3 is 2.90 bits per heavy atom. The van der Waals surface area contributed by atoms with E-state index < -0.39 is 0 Å². The van der Waals surface area contributed by atoms with Crippen LogP contribution in [0.5, 0.6) is 0 Å². The molecule has 4 heteroatoms. The molecule has 1 saturated heterocycles. The Hall–Kier alpha value is -1.13. The molecule has 20 heavy (non-hydrogen) atoms. The Kier molecular flexibility index (Phi) is 5.80. The summed E-state index contributed by atoms with van der Waals surface area (Å²) in [6.07, 6.45) is 4.45. The van der Waals surface area contributed by atoms with Crippen LogP contribution in [0.1, 0.15) is 25.3 Å². The molecule has 1 aromatic heterocycles. The fourth-order valence-corrected chi connectivity index (χ4v) is 2.87. The summed E-state index contributed by atoms with van der Waals surface area (Å²) in [5, 5.41) is 3.31. The summed E-state index contributed by atoms with van der Waals surface area (Å²) in [7, 11) is 4.42. The molecule has 4 nitrogen and oxygen atoms in total. The van der Waals surface area contributed by atoms with E-state index in [9.17, 15) is 0 Å². The second kappa shape index (κ2) is 7.60. The first-order chi connectivity index (χ1) is 9.67. The van der Waals surface area contributed by atoms with Crippen molar-refractivity contribution < 1.29 is 0 Å². The lowest BCUT2D eigenvalue weighted by atomic mass is 10.1. The second-order valence-corrected chi connectivity index (χ2v) is 6.09. The maximum atomic E-state index is 4.47. The van der Waals surface area contributed by atoms with Crippen molar-refractivity contribution in [2.45, 2.75) is 26.3 Å². The van der Waals surface area contributed by atoms with Gasteiger partial charge in [0.05, 0.1) is 0 Å². The van der Waals surface area contributed by atoms with Crippen LogP contribution in [0.3, 0.4) is 0 Å². The third-order valence-electron chi connectivity index (χ3n) is 3.89. The summed E-state index contributed by atoms with van der Waals surface area (Å²) in [4.78, 5) is 9.31. The van der Waals surface area contributed by atoms with E-state index in [2.05, 4.69) is 53.3 Å². The number of hydrogen-bond donors (Lipinski definition) is 1. The summed E-state index contributed by atoms with van der Waals surface area (Å²) in [6.45, 7) is 7.81. The minimum atomic E-state index is 0.823. The monoisotopic (exact) mass is 276 g/mol. The lowest BCUT2D eigenvalue weighted by molar-refractivity contribution is 0.267. The summed E-state index contributed by atoms with van der Waals surface area (Å²) < 4.78 is 0. The van der Waals surface area contributed by atoms with Crippen LogP contribution in [0.25, 0.3) is 0 Å². The summed E-state index contributed by atoms with van der Waals surface area (Å²) in [6, 6.07) is 4.27. The highest BCUT2D eigenvalue weighted by Crippen LogP contribution is 2.16. The van der Waals surface area contributed by atoms with Crippen LogP contribution in [0.4, 0.5) is 5.82 Å². The average Bonchev–Trinajstić information content (AvgIpc) is 2.83. The first kappa shape index (κ1) is 15.3. The molecule has 0 radical (unpaired) electrons. The zero-order chi connectivity index (χ0) is 14.4. The van der Waals surface area contributed by atoms with Gasteiger partial charge in [-0.25, -0.2) is 4.98 Å². The van der Waals surface area contributed by atoms with Gasteiger partial charge in [0.15, 0.2) is 0 Å². The number of rotatable bonds is 7. The molecule has 1 atom stereocenters. The molecule has 1 aromatic rings. The zero-order valence-electron chi connectivity index (χ0n) is 13.1. The smallest absolute Gasteiger partial charge is 0.125 e. The number of anilines is 1. The van der Waals surface area contributed by atoms with Crippen molar-refractivity contribution in [3.05, 3.63) is 23.9 Å². The van der Waals surface area contributed by atoms with Gasteiger partial charge in [-0.15, -0.1) is 0 Å². The van der Waals surface area contributed by atoms with Crippen LogP contribution in [0.2, 0.25) is 0 Å². The Morgan fingerprint density at radius 2 is 2.30 bits per heavy atom. The molecule has 2 rings (SSSR count). The Bertz CT molecular complexity index is 390. The molecule has 1 aliphatic heterocycles. The molecule has 1 fully saturated rings. The Labute approximate surface area is 123 Å². The maximum Gasteiger partial charge on any atom is 0.125 e. The van der Waals surface area contributed by atoms with Crippen LogP contribution < -0.4 is 5.32 Å². The summed E-state index contributed by atoms with van der Waals surface area (Å²) in [5.41, 5.74) is 1.29. The number of pyridine rings is 1. The van der Waals surface area contributed by atoms with E-state index in [0.29, 0.717) is 0 Å². The third kappa shape index (κ3) is 4.76. The van der Waals surface area contributed by atoms with Gasteiger partial charge >= 0.3 is 0 Å². The molecule has 2 heterocycles. The van der Waals surface area contributed by atoms with Gasteiger partial charge in [0.25, 0.3) is 0 Å². The van der Waals surface area contributed by atoms with Gasteiger partial charge in [-0.2, -0.15) is 0 Å². The number of nitrogens with one attached hydrogen (secondary N) is 1. The topological polar surface area (TPSA) is 31.4 Å². The van der Waals surface area contributed by atoms with Crippen molar-refractivity contribution in [1.82, 2.24) is 14.8 Å². The van der Waals surface area contributed by atoms with Crippen molar-refractivity contribution in [2.24, 2.45) is 5.92 Å². The molecule has 0 aromatic carbocycles. The molecular weight excluding hydrogens is 248 g/mol. The van der Waals surface area contributed by atoms with Crippen LogP contribution in [0.15, 0.2) is 18.3 Å². The van der Waals surface area contributed by atoms with E-state index in [0.717, 1.165) is 31.2 Å².